The molecule has 0 saturated carbocycles. The molecule has 0 fully saturated rings. The number of nitrogens with zero attached hydrogens (tertiary/aromatic N) is 4. The van der Waals surface area contributed by atoms with Gasteiger partial charge in [-0.1, -0.05) is 13.8 Å². The number of hydrogen-bond acceptors (Lipinski definition) is 8. The number of anilines is 2. The van der Waals surface area contributed by atoms with Crippen molar-refractivity contribution in [1.82, 2.24) is 0 Å². The Morgan fingerprint density at radius 2 is 0.976 bits per heavy atom. The van der Waals surface area contributed by atoms with Crippen LogP contribution in [-0.4, -0.2) is 21.3 Å². The zero-order valence-electron chi connectivity index (χ0n) is 22.0. The standard InChI is InChI=1S/2C14H12N3O2.2ClH.2Pd/c2*1-11(12-5-3-2-4-6-12)15-16-13-7-9-14(10-8-13)17(18)19;;;;/h2*2-5,7-10,16H,1H3;2*1H;;/q2*-1;;;2*+2/p-2/b2*15-11+;;;;. The van der Waals surface area contributed by atoms with Crippen LogP contribution in [-0.2, 0) is 36.4 Å². The van der Waals surface area contributed by atoms with E-state index in [2.05, 4.69) is 88.6 Å². The molecular formula is C28H24Cl2N6O4Pd2. The summed E-state index contributed by atoms with van der Waals surface area (Å²) >= 11 is 4.44. The fourth-order valence-corrected chi connectivity index (χ4v) is 2.97. The van der Waals surface area contributed by atoms with Crippen LogP contribution in [0.5, 0.6) is 0 Å². The predicted octanol–water partition coefficient (Wildman–Crippen LogP) is 7.84. The van der Waals surface area contributed by atoms with Crippen molar-refractivity contribution in [1.29, 1.82) is 0 Å². The summed E-state index contributed by atoms with van der Waals surface area (Å²) in [5.41, 5.74) is 10.6. The Morgan fingerprint density at radius 1 is 0.643 bits per heavy atom. The minimum absolute atomic E-state index is 0.0580. The summed E-state index contributed by atoms with van der Waals surface area (Å²) in [4.78, 5) is 20.2. The van der Waals surface area contributed by atoms with E-state index in [1.807, 2.05) is 62.4 Å². The fraction of sp³-hybridized carbons (Fsp3) is 0.0714. The van der Waals surface area contributed by atoms with E-state index in [0.717, 1.165) is 22.6 Å². The van der Waals surface area contributed by atoms with Gasteiger partial charge in [0.15, 0.2) is 0 Å². The third kappa shape index (κ3) is 13.5. The van der Waals surface area contributed by atoms with Crippen molar-refractivity contribution in [3.05, 3.63) is 141 Å². The number of halogens is 2. The average molecular weight is 792 g/mol. The van der Waals surface area contributed by atoms with Crippen LogP contribution in [0.3, 0.4) is 0 Å². The SMILES string of the molecule is C/C(=N\Nc1ccc([N+](=O)[O-])cc1)c1[c-]cccc1.C/C(=N\Nc1ccc([N+](=O)[O-])cc1)c1[c-]cccc1.[Cl][Pd+].[Cl][Pd+]. The molecule has 4 aromatic rings. The van der Waals surface area contributed by atoms with Gasteiger partial charge in [0.2, 0.25) is 0 Å². The van der Waals surface area contributed by atoms with Gasteiger partial charge in [-0.25, -0.2) is 10.2 Å². The first-order valence-corrected chi connectivity index (χ1v) is 15.6. The molecule has 224 valence electrons. The van der Waals surface area contributed by atoms with Crippen molar-refractivity contribution in [2.45, 2.75) is 13.8 Å². The molecule has 4 rings (SSSR count). The van der Waals surface area contributed by atoms with E-state index in [-0.39, 0.29) is 11.4 Å². The molecule has 14 heteroatoms. The van der Waals surface area contributed by atoms with Gasteiger partial charge in [-0.3, -0.25) is 31.1 Å². The minimum atomic E-state index is -0.433. The third-order valence-electron chi connectivity index (χ3n) is 5.06. The molecule has 0 heterocycles. The predicted molar refractivity (Wildman–Crippen MR) is 160 cm³/mol. The van der Waals surface area contributed by atoms with Crippen LogP contribution in [0.1, 0.15) is 25.0 Å². The van der Waals surface area contributed by atoms with Gasteiger partial charge >= 0.3 is 55.4 Å². The van der Waals surface area contributed by atoms with Crippen LogP contribution in [0.2, 0.25) is 0 Å². The molecule has 0 spiro atoms. The van der Waals surface area contributed by atoms with Gasteiger partial charge in [0, 0.05) is 24.3 Å². The molecule has 0 atom stereocenters. The Kier molecular flexibility index (Phi) is 18.5. The number of nitrogens with one attached hydrogen (secondary N) is 2. The monoisotopic (exact) mass is 790 g/mol. The van der Waals surface area contributed by atoms with E-state index in [4.69, 9.17) is 0 Å². The molecule has 0 bridgehead atoms. The van der Waals surface area contributed by atoms with Gasteiger partial charge in [0.25, 0.3) is 11.4 Å². The van der Waals surface area contributed by atoms with Gasteiger partial charge in [-0.05, 0) is 35.7 Å². The second-order valence-corrected chi connectivity index (χ2v) is 7.78. The van der Waals surface area contributed by atoms with Crippen molar-refractivity contribution in [2.24, 2.45) is 10.2 Å². The Morgan fingerprint density at radius 3 is 1.24 bits per heavy atom. The van der Waals surface area contributed by atoms with E-state index in [1.165, 1.54) is 24.3 Å². The first kappa shape index (κ1) is 36.6. The molecule has 0 aliphatic carbocycles. The first-order valence-electron chi connectivity index (χ1n) is 11.6. The van der Waals surface area contributed by atoms with E-state index >= 15 is 0 Å². The Labute approximate surface area is 273 Å². The second kappa shape index (κ2) is 21.3. The van der Waals surface area contributed by atoms with E-state index in [9.17, 15) is 20.2 Å². The number of nitro benzene ring substituents is 2. The molecule has 0 aliphatic rings. The van der Waals surface area contributed by atoms with Gasteiger partial charge < -0.3 is 0 Å². The topological polar surface area (TPSA) is 135 Å². The van der Waals surface area contributed by atoms with E-state index in [1.54, 1.807) is 24.3 Å². The zero-order valence-corrected chi connectivity index (χ0v) is 26.7. The molecule has 0 radical (unpaired) electrons. The zero-order chi connectivity index (χ0) is 31.3. The molecule has 0 aromatic heterocycles. The van der Waals surface area contributed by atoms with Gasteiger partial charge in [0.05, 0.1) is 21.2 Å². The summed E-state index contributed by atoms with van der Waals surface area (Å²) in [6, 6.07) is 33.4. The number of non-ortho nitro benzene ring substituents is 2. The van der Waals surface area contributed by atoms with Crippen molar-refractivity contribution in [3.8, 4) is 0 Å². The van der Waals surface area contributed by atoms with Crippen molar-refractivity contribution >= 4 is 53.2 Å². The van der Waals surface area contributed by atoms with Crippen LogP contribution in [0, 0.1) is 32.4 Å². The second-order valence-electron chi connectivity index (χ2n) is 7.78. The van der Waals surface area contributed by atoms with Gasteiger partial charge in [-0.15, -0.1) is 71.8 Å². The fourth-order valence-electron chi connectivity index (χ4n) is 2.97. The molecule has 0 amide bonds. The van der Waals surface area contributed by atoms with Crippen molar-refractivity contribution in [2.75, 3.05) is 10.9 Å². The molecule has 4 aromatic carbocycles. The Bertz CT molecular complexity index is 1320. The van der Waals surface area contributed by atoms with Gasteiger partial charge in [-0.2, -0.15) is 0 Å². The summed E-state index contributed by atoms with van der Waals surface area (Å²) in [5, 5.41) is 29.4. The first-order chi connectivity index (χ1) is 20.3. The maximum atomic E-state index is 10.5. The van der Waals surface area contributed by atoms with E-state index < -0.39 is 9.85 Å². The summed E-state index contributed by atoms with van der Waals surface area (Å²) in [7, 11) is 8.98. The Balaban J connectivity index is 0.000000376. The van der Waals surface area contributed by atoms with E-state index in [0.29, 0.717) is 11.4 Å². The van der Waals surface area contributed by atoms with Crippen LogP contribution in [0.15, 0.2) is 107 Å². The molecule has 2 N–H and O–H groups in total. The van der Waals surface area contributed by atoms with Gasteiger partial charge in [0.1, 0.15) is 0 Å². The van der Waals surface area contributed by atoms with Crippen LogP contribution in [0.4, 0.5) is 22.7 Å². The maximum absolute atomic E-state index is 10.5. The van der Waals surface area contributed by atoms with Crippen LogP contribution < -0.4 is 10.9 Å². The number of hydrazone groups is 2. The normalized spacial score (nSPS) is 10.4. The molecule has 10 nitrogen and oxygen atoms in total. The average Bonchev–Trinajstić information content (AvgIpc) is 3.06. The van der Waals surface area contributed by atoms with Crippen LogP contribution in [0.25, 0.3) is 0 Å². The molecule has 42 heavy (non-hydrogen) atoms. The summed E-state index contributed by atoms with van der Waals surface area (Å²) in [6.07, 6.45) is 0. The third-order valence-corrected chi connectivity index (χ3v) is 5.06. The van der Waals surface area contributed by atoms with Crippen LogP contribution >= 0.6 is 19.1 Å². The quantitative estimate of drug-likeness (QED) is 0.0614. The number of benzene rings is 4. The number of nitro groups is 2. The number of hydrogen-bond donors (Lipinski definition) is 2. The Hall–Kier alpha value is -3.48. The van der Waals surface area contributed by atoms with Crippen molar-refractivity contribution < 1.29 is 46.2 Å². The molecular weight excluding hydrogens is 768 g/mol. The molecule has 0 aliphatic heterocycles. The molecule has 0 unspecified atom stereocenters. The number of rotatable bonds is 8. The van der Waals surface area contributed by atoms with Crippen molar-refractivity contribution in [3.63, 3.8) is 0 Å². The molecule has 0 saturated heterocycles. The summed E-state index contributed by atoms with van der Waals surface area (Å²) in [5.74, 6) is 0. The summed E-state index contributed by atoms with van der Waals surface area (Å²) in [6.45, 7) is 3.73. The summed E-state index contributed by atoms with van der Waals surface area (Å²) < 4.78 is 0.